The molecule has 6 heteroatoms. The van der Waals surface area contributed by atoms with Crippen molar-refractivity contribution in [1.82, 2.24) is 9.80 Å². The van der Waals surface area contributed by atoms with Crippen LogP contribution in [0, 0.1) is 0 Å². The molecule has 0 fully saturated rings. The molecule has 0 unspecified atom stereocenters. The first-order valence-corrected chi connectivity index (χ1v) is 17.6. The summed E-state index contributed by atoms with van der Waals surface area (Å²) in [6.45, 7) is 8.78. The molecule has 0 aromatic rings. The van der Waals surface area contributed by atoms with Gasteiger partial charge in [-0.05, 0) is 51.6 Å². The summed E-state index contributed by atoms with van der Waals surface area (Å²) in [5, 5.41) is 0. The summed E-state index contributed by atoms with van der Waals surface area (Å²) in [5.74, 6) is 0.552. The molecule has 0 aliphatic heterocycles. The van der Waals surface area contributed by atoms with Gasteiger partial charge >= 0.3 is 0 Å². The van der Waals surface area contributed by atoms with E-state index in [4.69, 9.17) is 11.5 Å². The third kappa shape index (κ3) is 24.6. The van der Waals surface area contributed by atoms with Crippen LogP contribution in [0.2, 0.25) is 0 Å². The number of nitrogens with zero attached hydrogens (tertiary/aromatic N) is 2. The Labute approximate surface area is 249 Å². The maximum Gasteiger partial charge on any atom is 0.222 e. The highest BCUT2D eigenvalue weighted by molar-refractivity contribution is 5.76. The van der Waals surface area contributed by atoms with Gasteiger partial charge in [0.1, 0.15) is 0 Å². The average molecular weight is 567 g/mol. The Balaban J connectivity index is 4.25. The van der Waals surface area contributed by atoms with Crippen LogP contribution in [0.5, 0.6) is 0 Å². The number of hydrogen-bond acceptors (Lipinski definition) is 4. The van der Waals surface area contributed by atoms with Gasteiger partial charge in [-0.15, -0.1) is 0 Å². The van der Waals surface area contributed by atoms with E-state index in [1.54, 1.807) is 0 Å². The second-order valence-electron chi connectivity index (χ2n) is 11.9. The number of nitrogens with two attached hydrogens (primary N) is 2. The first kappa shape index (κ1) is 38.9. The van der Waals surface area contributed by atoms with Crippen LogP contribution < -0.4 is 11.5 Å². The Kier molecular flexibility index (Phi) is 29.9. The summed E-state index contributed by atoms with van der Waals surface area (Å²) in [7, 11) is 0. The fraction of sp³-hybridized carbons (Fsp3) is 0.941. The van der Waals surface area contributed by atoms with Gasteiger partial charge in [0.2, 0.25) is 11.8 Å². The van der Waals surface area contributed by atoms with Crippen LogP contribution in [0.15, 0.2) is 0 Å². The lowest BCUT2D eigenvalue weighted by Crippen LogP contribution is -2.36. The third-order valence-electron chi connectivity index (χ3n) is 8.06. The number of rotatable bonds is 31. The Morgan fingerprint density at radius 3 is 0.975 bits per heavy atom. The van der Waals surface area contributed by atoms with E-state index in [2.05, 4.69) is 13.8 Å². The quantitative estimate of drug-likeness (QED) is 0.0832. The molecule has 0 bridgehead atoms. The van der Waals surface area contributed by atoms with Crippen molar-refractivity contribution in [1.29, 1.82) is 0 Å². The van der Waals surface area contributed by atoms with E-state index in [9.17, 15) is 9.59 Å². The molecule has 238 valence electrons. The molecule has 4 N–H and O–H groups in total. The molecule has 0 saturated carbocycles. The molecule has 40 heavy (non-hydrogen) atoms. The van der Waals surface area contributed by atoms with Crippen molar-refractivity contribution in [2.75, 3.05) is 39.3 Å². The minimum Gasteiger partial charge on any atom is -0.343 e. The standard InChI is InChI=1S/C34H70N4O2/c1-3-5-7-9-11-13-15-17-19-25-33(39)37(31-23-27-35)29-21-22-30-38(32-24-28-36)34(40)26-20-18-16-14-12-10-8-6-4-2/h3-32,35-36H2,1-2H3. The highest BCUT2D eigenvalue weighted by Crippen LogP contribution is 2.13. The van der Waals surface area contributed by atoms with Crippen molar-refractivity contribution in [3.05, 3.63) is 0 Å². The predicted octanol–water partition coefficient (Wildman–Crippen LogP) is 7.96. The summed E-state index contributed by atoms with van der Waals surface area (Å²) in [6.07, 6.45) is 27.7. The van der Waals surface area contributed by atoms with Crippen molar-refractivity contribution >= 4 is 11.8 Å². The molecule has 2 amide bonds. The topological polar surface area (TPSA) is 92.7 Å². The van der Waals surface area contributed by atoms with Gasteiger partial charge in [0, 0.05) is 39.0 Å². The lowest BCUT2D eigenvalue weighted by molar-refractivity contribution is -0.133. The minimum atomic E-state index is 0.276. The Hall–Kier alpha value is -1.14. The van der Waals surface area contributed by atoms with Crippen LogP contribution in [-0.2, 0) is 9.59 Å². The van der Waals surface area contributed by atoms with Gasteiger partial charge in [0.15, 0.2) is 0 Å². The molecule has 6 nitrogen and oxygen atoms in total. The summed E-state index contributed by atoms with van der Waals surface area (Å²) >= 11 is 0. The Bertz CT molecular complexity index is 510. The smallest absolute Gasteiger partial charge is 0.222 e. The van der Waals surface area contributed by atoms with E-state index in [0.717, 1.165) is 77.5 Å². The molecule has 0 saturated heterocycles. The number of amides is 2. The largest absolute Gasteiger partial charge is 0.343 e. The SMILES string of the molecule is CCCCCCCCCCCC(=O)N(CCCN)CCCCN(CCCN)C(=O)CCCCCCCCCCC. The zero-order valence-electron chi connectivity index (χ0n) is 27.1. The van der Waals surface area contributed by atoms with Gasteiger partial charge in [-0.2, -0.15) is 0 Å². The predicted molar refractivity (Wildman–Crippen MR) is 173 cm³/mol. The average Bonchev–Trinajstić information content (AvgIpc) is 2.96. The van der Waals surface area contributed by atoms with Crippen LogP contribution in [0.3, 0.4) is 0 Å². The van der Waals surface area contributed by atoms with Crippen LogP contribution in [-0.4, -0.2) is 60.9 Å². The van der Waals surface area contributed by atoms with Gasteiger partial charge in [-0.1, -0.05) is 117 Å². The maximum absolute atomic E-state index is 12.9. The first-order chi connectivity index (χ1) is 19.6. The summed E-state index contributed by atoms with van der Waals surface area (Å²) < 4.78 is 0. The fourth-order valence-electron chi connectivity index (χ4n) is 5.38. The van der Waals surface area contributed by atoms with Gasteiger partial charge in [0.05, 0.1) is 0 Å². The molecular formula is C34H70N4O2. The van der Waals surface area contributed by atoms with E-state index in [-0.39, 0.29) is 11.8 Å². The van der Waals surface area contributed by atoms with Gasteiger partial charge < -0.3 is 21.3 Å². The van der Waals surface area contributed by atoms with Crippen molar-refractivity contribution < 1.29 is 9.59 Å². The maximum atomic E-state index is 12.9. The molecule has 0 radical (unpaired) electrons. The van der Waals surface area contributed by atoms with Crippen molar-refractivity contribution in [3.8, 4) is 0 Å². The summed E-state index contributed by atoms with van der Waals surface area (Å²) in [4.78, 5) is 29.8. The molecule has 0 aliphatic carbocycles. The Morgan fingerprint density at radius 1 is 0.400 bits per heavy atom. The first-order valence-electron chi connectivity index (χ1n) is 17.6. The highest BCUT2D eigenvalue weighted by atomic mass is 16.2. The van der Waals surface area contributed by atoms with Crippen molar-refractivity contribution in [2.24, 2.45) is 11.5 Å². The molecular weight excluding hydrogens is 496 g/mol. The molecule has 0 aliphatic rings. The molecule has 0 aromatic heterocycles. The minimum absolute atomic E-state index is 0.276. The molecule has 0 aromatic carbocycles. The Morgan fingerprint density at radius 2 is 0.675 bits per heavy atom. The van der Waals surface area contributed by atoms with Crippen LogP contribution in [0.25, 0.3) is 0 Å². The molecule has 0 spiro atoms. The number of carbonyl (C=O) groups is 2. The monoisotopic (exact) mass is 567 g/mol. The van der Waals surface area contributed by atoms with Gasteiger partial charge in [-0.3, -0.25) is 9.59 Å². The second kappa shape index (κ2) is 30.8. The molecule has 0 rings (SSSR count). The summed E-state index contributed by atoms with van der Waals surface area (Å²) in [5.41, 5.74) is 11.5. The third-order valence-corrected chi connectivity index (χ3v) is 8.06. The number of carbonyl (C=O) groups excluding carboxylic acids is 2. The van der Waals surface area contributed by atoms with Gasteiger partial charge in [-0.25, -0.2) is 0 Å². The van der Waals surface area contributed by atoms with E-state index >= 15 is 0 Å². The van der Waals surface area contributed by atoms with Crippen LogP contribution in [0.1, 0.15) is 168 Å². The van der Waals surface area contributed by atoms with Crippen molar-refractivity contribution in [3.63, 3.8) is 0 Å². The van der Waals surface area contributed by atoms with Crippen LogP contribution >= 0.6 is 0 Å². The zero-order chi connectivity index (χ0) is 29.5. The van der Waals surface area contributed by atoms with E-state index < -0.39 is 0 Å². The lowest BCUT2D eigenvalue weighted by Gasteiger charge is -2.25. The summed E-state index contributed by atoms with van der Waals surface area (Å²) in [6, 6.07) is 0. The second-order valence-corrected chi connectivity index (χ2v) is 11.9. The fourth-order valence-corrected chi connectivity index (χ4v) is 5.38. The van der Waals surface area contributed by atoms with Crippen LogP contribution in [0.4, 0.5) is 0 Å². The molecule has 0 atom stereocenters. The zero-order valence-corrected chi connectivity index (χ0v) is 27.1. The van der Waals surface area contributed by atoms with E-state index in [1.165, 1.54) is 89.9 Å². The van der Waals surface area contributed by atoms with Gasteiger partial charge in [0.25, 0.3) is 0 Å². The van der Waals surface area contributed by atoms with E-state index in [0.29, 0.717) is 25.9 Å². The number of hydrogen-bond donors (Lipinski definition) is 2. The van der Waals surface area contributed by atoms with Crippen molar-refractivity contribution in [2.45, 2.75) is 168 Å². The van der Waals surface area contributed by atoms with E-state index in [1.807, 2.05) is 9.80 Å². The highest BCUT2D eigenvalue weighted by Gasteiger charge is 2.15. The lowest BCUT2D eigenvalue weighted by atomic mass is 10.1. The normalized spacial score (nSPS) is 11.2. The molecule has 0 heterocycles. The number of unbranched alkanes of at least 4 members (excludes halogenated alkanes) is 17.